The number of benzene rings is 2. The summed E-state index contributed by atoms with van der Waals surface area (Å²) in [5.41, 5.74) is 3.62. The van der Waals surface area contributed by atoms with Crippen molar-refractivity contribution in [3.05, 3.63) is 47.5 Å². The Bertz CT molecular complexity index is 866. The summed E-state index contributed by atoms with van der Waals surface area (Å²) in [7, 11) is 3.10. The molecule has 0 bridgehead atoms. The first-order valence-corrected chi connectivity index (χ1v) is 8.68. The molecule has 0 atom stereocenters. The van der Waals surface area contributed by atoms with E-state index in [1.54, 1.807) is 37.1 Å². The molecule has 1 heterocycles. The lowest BCUT2D eigenvalue weighted by atomic mass is 10.1. The van der Waals surface area contributed by atoms with Gasteiger partial charge in [0.25, 0.3) is 0 Å². The van der Waals surface area contributed by atoms with Crippen LogP contribution in [0.25, 0.3) is 0 Å². The molecule has 2 aromatic carbocycles. The number of hydrogen-bond donors (Lipinski definition) is 2. The number of fused-ring (bicyclic) bond motifs is 1. The van der Waals surface area contributed by atoms with E-state index in [1.165, 1.54) is 7.11 Å². The maximum Gasteiger partial charge on any atom is 0.319 e. The third-order valence-electron chi connectivity index (χ3n) is 4.53. The number of carbonyl (C=O) groups excluding carboxylic acids is 2. The molecular formula is C20H23N3O4. The Morgan fingerprint density at radius 1 is 1.11 bits per heavy atom. The zero-order valence-corrected chi connectivity index (χ0v) is 15.7. The molecule has 0 unspecified atom stereocenters. The van der Waals surface area contributed by atoms with Gasteiger partial charge in [-0.1, -0.05) is 12.1 Å². The minimum absolute atomic E-state index is 0.0486. The second-order valence-corrected chi connectivity index (χ2v) is 6.26. The van der Waals surface area contributed by atoms with Crippen LogP contribution in [0.4, 0.5) is 16.2 Å². The highest BCUT2D eigenvalue weighted by Gasteiger charge is 2.22. The van der Waals surface area contributed by atoms with Crippen LogP contribution < -0.4 is 25.0 Å². The standard InChI is InChI=1S/C20H23N3O4/c1-13(24)23-9-8-15-10-14(4-7-18(15)23)12-21-20(25)22-17-6-5-16(26-2)11-19(17)27-3/h4-7,10-11H,8-9,12H2,1-3H3,(H2,21,22,25). The molecule has 1 aliphatic rings. The van der Waals surface area contributed by atoms with E-state index in [9.17, 15) is 9.59 Å². The highest BCUT2D eigenvalue weighted by atomic mass is 16.5. The van der Waals surface area contributed by atoms with Gasteiger partial charge in [-0.2, -0.15) is 0 Å². The number of ether oxygens (including phenoxy) is 2. The predicted octanol–water partition coefficient (Wildman–Crippen LogP) is 2.93. The van der Waals surface area contributed by atoms with Crippen molar-refractivity contribution in [1.29, 1.82) is 0 Å². The van der Waals surface area contributed by atoms with E-state index in [1.807, 2.05) is 18.2 Å². The number of amides is 3. The third kappa shape index (κ3) is 4.13. The van der Waals surface area contributed by atoms with E-state index in [2.05, 4.69) is 10.6 Å². The van der Waals surface area contributed by atoms with Gasteiger partial charge in [-0.05, 0) is 35.7 Å². The number of hydrogen-bond acceptors (Lipinski definition) is 4. The average Bonchev–Trinajstić information content (AvgIpc) is 3.10. The van der Waals surface area contributed by atoms with Crippen LogP contribution in [0.1, 0.15) is 18.1 Å². The van der Waals surface area contributed by atoms with E-state index in [4.69, 9.17) is 9.47 Å². The van der Waals surface area contributed by atoms with Crippen LogP contribution in [-0.4, -0.2) is 32.7 Å². The van der Waals surface area contributed by atoms with Gasteiger partial charge in [-0.15, -0.1) is 0 Å². The molecule has 7 heteroatoms. The molecule has 27 heavy (non-hydrogen) atoms. The minimum Gasteiger partial charge on any atom is -0.497 e. The first-order valence-electron chi connectivity index (χ1n) is 8.68. The molecule has 3 rings (SSSR count). The van der Waals surface area contributed by atoms with Crippen molar-refractivity contribution < 1.29 is 19.1 Å². The van der Waals surface area contributed by atoms with Crippen molar-refractivity contribution in [3.8, 4) is 11.5 Å². The van der Waals surface area contributed by atoms with Gasteiger partial charge in [-0.3, -0.25) is 4.79 Å². The second-order valence-electron chi connectivity index (χ2n) is 6.26. The van der Waals surface area contributed by atoms with Gasteiger partial charge in [0.2, 0.25) is 5.91 Å². The van der Waals surface area contributed by atoms with Crippen molar-refractivity contribution in [2.24, 2.45) is 0 Å². The lowest BCUT2D eigenvalue weighted by molar-refractivity contribution is -0.116. The number of nitrogens with one attached hydrogen (secondary N) is 2. The largest absolute Gasteiger partial charge is 0.497 e. The molecule has 0 saturated carbocycles. The van der Waals surface area contributed by atoms with Gasteiger partial charge >= 0.3 is 6.03 Å². The fourth-order valence-electron chi connectivity index (χ4n) is 3.14. The molecule has 0 saturated heterocycles. The zero-order valence-electron chi connectivity index (χ0n) is 15.7. The number of rotatable bonds is 5. The van der Waals surface area contributed by atoms with Crippen LogP contribution in [-0.2, 0) is 17.8 Å². The first kappa shape index (κ1) is 18.6. The van der Waals surface area contributed by atoms with Gasteiger partial charge in [0.1, 0.15) is 11.5 Å². The fourth-order valence-corrected chi connectivity index (χ4v) is 3.14. The molecule has 2 N–H and O–H groups in total. The summed E-state index contributed by atoms with van der Waals surface area (Å²) in [6.45, 7) is 2.67. The summed E-state index contributed by atoms with van der Waals surface area (Å²) in [5.74, 6) is 1.22. The maximum atomic E-state index is 12.2. The number of methoxy groups -OCH3 is 2. The molecule has 0 aliphatic carbocycles. The Hall–Kier alpha value is -3.22. The van der Waals surface area contributed by atoms with E-state index in [0.717, 1.165) is 23.2 Å². The summed E-state index contributed by atoms with van der Waals surface area (Å²) in [6.07, 6.45) is 0.831. The van der Waals surface area contributed by atoms with E-state index < -0.39 is 0 Å². The Labute approximate surface area is 158 Å². The summed E-state index contributed by atoms with van der Waals surface area (Å²) in [4.78, 5) is 25.6. The van der Waals surface area contributed by atoms with Gasteiger partial charge in [0, 0.05) is 31.8 Å². The smallest absolute Gasteiger partial charge is 0.319 e. The monoisotopic (exact) mass is 369 g/mol. The third-order valence-corrected chi connectivity index (χ3v) is 4.53. The van der Waals surface area contributed by atoms with Crippen molar-refractivity contribution in [3.63, 3.8) is 0 Å². The van der Waals surface area contributed by atoms with Gasteiger partial charge in [0.15, 0.2) is 0 Å². The molecule has 2 aromatic rings. The van der Waals surface area contributed by atoms with Crippen LogP contribution in [0.5, 0.6) is 11.5 Å². The normalized spacial score (nSPS) is 12.3. The highest BCUT2D eigenvalue weighted by Crippen LogP contribution is 2.30. The number of nitrogens with zero attached hydrogens (tertiary/aromatic N) is 1. The molecule has 0 fully saturated rings. The molecule has 142 valence electrons. The number of anilines is 2. The van der Waals surface area contributed by atoms with Crippen LogP contribution >= 0.6 is 0 Å². The van der Waals surface area contributed by atoms with E-state index >= 15 is 0 Å². The predicted molar refractivity (Wildman–Crippen MR) is 104 cm³/mol. The lowest BCUT2D eigenvalue weighted by Crippen LogP contribution is -2.28. The molecule has 0 spiro atoms. The average molecular weight is 369 g/mol. The maximum absolute atomic E-state index is 12.2. The molecule has 1 aliphatic heterocycles. The van der Waals surface area contributed by atoms with Gasteiger partial charge in [0.05, 0.1) is 19.9 Å². The van der Waals surface area contributed by atoms with Crippen molar-refractivity contribution in [2.45, 2.75) is 19.9 Å². The zero-order chi connectivity index (χ0) is 19.4. The van der Waals surface area contributed by atoms with Crippen LogP contribution in [0.3, 0.4) is 0 Å². The Morgan fingerprint density at radius 2 is 1.93 bits per heavy atom. The second kappa shape index (κ2) is 7.99. The van der Waals surface area contributed by atoms with Gasteiger partial charge < -0.3 is 25.0 Å². The number of carbonyl (C=O) groups is 2. The van der Waals surface area contributed by atoms with E-state index in [-0.39, 0.29) is 11.9 Å². The summed E-state index contributed by atoms with van der Waals surface area (Å²) in [5, 5.41) is 5.61. The molecule has 3 amide bonds. The number of urea groups is 1. The fraction of sp³-hybridized carbons (Fsp3) is 0.300. The quantitative estimate of drug-likeness (QED) is 0.849. The summed E-state index contributed by atoms with van der Waals surface area (Å²) in [6, 6.07) is 10.7. The van der Waals surface area contributed by atoms with Crippen LogP contribution in [0.15, 0.2) is 36.4 Å². The van der Waals surface area contributed by atoms with E-state index in [0.29, 0.717) is 30.3 Å². The van der Waals surface area contributed by atoms with Crippen LogP contribution in [0.2, 0.25) is 0 Å². The van der Waals surface area contributed by atoms with Crippen molar-refractivity contribution in [2.75, 3.05) is 31.0 Å². The molecular weight excluding hydrogens is 346 g/mol. The molecule has 7 nitrogen and oxygen atoms in total. The minimum atomic E-state index is -0.329. The molecule has 0 radical (unpaired) electrons. The molecule has 0 aromatic heterocycles. The Morgan fingerprint density at radius 3 is 2.63 bits per heavy atom. The van der Waals surface area contributed by atoms with Crippen LogP contribution in [0, 0.1) is 0 Å². The Kier molecular flexibility index (Phi) is 5.49. The summed E-state index contributed by atoms with van der Waals surface area (Å²) < 4.78 is 10.4. The lowest BCUT2D eigenvalue weighted by Gasteiger charge is -2.15. The summed E-state index contributed by atoms with van der Waals surface area (Å²) >= 11 is 0. The van der Waals surface area contributed by atoms with Crippen molar-refractivity contribution >= 4 is 23.3 Å². The SMILES string of the molecule is COc1ccc(NC(=O)NCc2ccc3c(c2)CCN3C(C)=O)c(OC)c1. The highest BCUT2D eigenvalue weighted by molar-refractivity contribution is 5.94. The first-order chi connectivity index (χ1) is 13.0. The Balaban J connectivity index is 1.61. The van der Waals surface area contributed by atoms with Crippen molar-refractivity contribution in [1.82, 2.24) is 5.32 Å². The topological polar surface area (TPSA) is 79.9 Å². The van der Waals surface area contributed by atoms with Gasteiger partial charge in [-0.25, -0.2) is 4.79 Å².